The van der Waals surface area contributed by atoms with Crippen molar-refractivity contribution >= 4 is 17.1 Å². The Hall–Kier alpha value is -2.81. The van der Waals surface area contributed by atoms with Crippen LogP contribution in [0.25, 0.3) is 0 Å². The number of nitrogens with two attached hydrogens (primary N) is 1. The molecule has 0 bridgehead atoms. The van der Waals surface area contributed by atoms with Crippen molar-refractivity contribution in [2.45, 2.75) is 0 Å². The quantitative estimate of drug-likeness (QED) is 0.844. The monoisotopic (exact) mass is 275 g/mol. The summed E-state index contributed by atoms with van der Waals surface area (Å²) >= 11 is 0. The maximum atomic E-state index is 13.4. The number of rotatable bonds is 3. The molecule has 2 aromatic carbocycles. The summed E-state index contributed by atoms with van der Waals surface area (Å²) in [5, 5.41) is 11.6. The van der Waals surface area contributed by atoms with Gasteiger partial charge in [0.1, 0.15) is 11.6 Å². The maximum absolute atomic E-state index is 13.4. The van der Waals surface area contributed by atoms with Crippen LogP contribution >= 0.6 is 0 Å². The first-order valence-electron chi connectivity index (χ1n) is 5.65. The van der Waals surface area contributed by atoms with Gasteiger partial charge in [0.05, 0.1) is 35.8 Å². The van der Waals surface area contributed by atoms with Crippen molar-refractivity contribution in [3.05, 3.63) is 47.5 Å². The average molecular weight is 275 g/mol. The molecule has 6 heteroatoms. The molecule has 0 aliphatic carbocycles. The highest BCUT2D eigenvalue weighted by atomic mass is 19.1. The number of ether oxygens (including phenoxy) is 1. The Balaban J connectivity index is 2.43. The minimum atomic E-state index is -0.847. The molecule has 0 aromatic heterocycles. The summed E-state index contributed by atoms with van der Waals surface area (Å²) in [6.45, 7) is 0. The summed E-state index contributed by atoms with van der Waals surface area (Å²) in [4.78, 5) is 0. The minimum Gasteiger partial charge on any atom is -0.495 e. The fraction of sp³-hybridized carbons (Fsp3) is 0.0714. The third-order valence-electron chi connectivity index (χ3n) is 2.69. The van der Waals surface area contributed by atoms with Gasteiger partial charge in [0.15, 0.2) is 5.82 Å². The van der Waals surface area contributed by atoms with Gasteiger partial charge in [0, 0.05) is 12.1 Å². The van der Waals surface area contributed by atoms with Gasteiger partial charge in [-0.25, -0.2) is 8.78 Å². The van der Waals surface area contributed by atoms with Gasteiger partial charge in [-0.1, -0.05) is 0 Å². The smallest absolute Gasteiger partial charge is 0.151 e. The van der Waals surface area contributed by atoms with Crippen LogP contribution in [0, 0.1) is 23.0 Å². The third kappa shape index (κ3) is 2.62. The van der Waals surface area contributed by atoms with E-state index >= 15 is 0 Å². The van der Waals surface area contributed by atoms with Crippen LogP contribution in [0.5, 0.6) is 5.75 Å². The number of nitrogens with zero attached hydrogens (tertiary/aromatic N) is 1. The number of anilines is 3. The van der Waals surface area contributed by atoms with Crippen molar-refractivity contribution in [1.82, 2.24) is 0 Å². The Labute approximate surface area is 114 Å². The molecule has 3 N–H and O–H groups in total. The van der Waals surface area contributed by atoms with Gasteiger partial charge < -0.3 is 15.8 Å². The van der Waals surface area contributed by atoms with Crippen LogP contribution in [0.15, 0.2) is 30.3 Å². The summed E-state index contributed by atoms with van der Waals surface area (Å²) in [5.74, 6) is -1.22. The topological polar surface area (TPSA) is 71.1 Å². The van der Waals surface area contributed by atoms with Gasteiger partial charge in [-0.05, 0) is 18.2 Å². The van der Waals surface area contributed by atoms with E-state index < -0.39 is 11.6 Å². The lowest BCUT2D eigenvalue weighted by Gasteiger charge is -2.13. The van der Waals surface area contributed by atoms with E-state index in [1.807, 2.05) is 6.07 Å². The largest absolute Gasteiger partial charge is 0.495 e. The first-order chi connectivity index (χ1) is 9.55. The Morgan fingerprint density at radius 3 is 2.60 bits per heavy atom. The number of halogens is 2. The molecule has 0 aliphatic heterocycles. The fourth-order valence-corrected chi connectivity index (χ4v) is 1.70. The first kappa shape index (κ1) is 13.6. The highest BCUT2D eigenvalue weighted by Crippen LogP contribution is 2.32. The highest BCUT2D eigenvalue weighted by Gasteiger charge is 2.11. The van der Waals surface area contributed by atoms with Crippen LogP contribution in [0.2, 0.25) is 0 Å². The van der Waals surface area contributed by atoms with E-state index in [4.69, 9.17) is 15.7 Å². The van der Waals surface area contributed by atoms with Crippen LogP contribution in [-0.4, -0.2) is 7.11 Å². The predicted octanol–water partition coefficient (Wildman–Crippen LogP) is 3.17. The van der Waals surface area contributed by atoms with E-state index in [2.05, 4.69) is 5.32 Å². The summed E-state index contributed by atoms with van der Waals surface area (Å²) < 4.78 is 31.7. The molecule has 0 atom stereocenters. The zero-order chi connectivity index (χ0) is 14.7. The second kappa shape index (κ2) is 5.45. The summed E-state index contributed by atoms with van der Waals surface area (Å²) in [6, 6.07) is 8.38. The Kier molecular flexibility index (Phi) is 3.71. The number of benzene rings is 2. The Bertz CT molecular complexity index is 696. The average Bonchev–Trinajstić information content (AvgIpc) is 2.44. The lowest BCUT2D eigenvalue weighted by molar-refractivity contribution is 0.416. The van der Waals surface area contributed by atoms with Crippen LogP contribution in [0.3, 0.4) is 0 Å². The number of nitriles is 1. The standard InChI is InChI=1S/C14H11F2N3O/c1-20-13-4-8(7-17)2-3-11(13)19-12-6-9(15)5-10(16)14(12)18/h2-6,19H,18H2,1H3. The molecule has 2 rings (SSSR count). The van der Waals surface area contributed by atoms with Crippen LogP contribution in [0.1, 0.15) is 5.56 Å². The summed E-state index contributed by atoms with van der Waals surface area (Å²) in [5.41, 5.74) is 6.30. The van der Waals surface area contributed by atoms with Gasteiger partial charge >= 0.3 is 0 Å². The Morgan fingerprint density at radius 1 is 1.20 bits per heavy atom. The molecular weight excluding hydrogens is 264 g/mol. The van der Waals surface area contributed by atoms with Gasteiger partial charge in [0.25, 0.3) is 0 Å². The minimum absolute atomic E-state index is 0.0884. The molecule has 0 spiro atoms. The van der Waals surface area contributed by atoms with Gasteiger partial charge in [-0.15, -0.1) is 0 Å². The number of nitrogen functional groups attached to an aromatic ring is 1. The molecule has 0 aliphatic rings. The number of hydrogen-bond acceptors (Lipinski definition) is 4. The second-order valence-electron chi connectivity index (χ2n) is 4.00. The number of hydrogen-bond donors (Lipinski definition) is 2. The highest BCUT2D eigenvalue weighted by molar-refractivity contribution is 5.76. The molecule has 0 heterocycles. The van der Waals surface area contributed by atoms with Crippen molar-refractivity contribution in [3.63, 3.8) is 0 Å². The van der Waals surface area contributed by atoms with Crippen LogP contribution in [-0.2, 0) is 0 Å². The number of nitrogens with one attached hydrogen (secondary N) is 1. The molecule has 102 valence electrons. The molecule has 0 amide bonds. The Morgan fingerprint density at radius 2 is 1.95 bits per heavy atom. The molecular formula is C14H11F2N3O. The third-order valence-corrected chi connectivity index (χ3v) is 2.69. The van der Waals surface area contributed by atoms with Crippen molar-refractivity contribution in [3.8, 4) is 11.8 Å². The second-order valence-corrected chi connectivity index (χ2v) is 4.00. The van der Waals surface area contributed by atoms with Gasteiger partial charge in [-0.3, -0.25) is 0 Å². The van der Waals surface area contributed by atoms with Crippen molar-refractivity contribution in [2.75, 3.05) is 18.2 Å². The fourth-order valence-electron chi connectivity index (χ4n) is 1.70. The lowest BCUT2D eigenvalue weighted by Crippen LogP contribution is -2.01. The normalized spacial score (nSPS) is 9.90. The van der Waals surface area contributed by atoms with E-state index in [1.165, 1.54) is 13.2 Å². The SMILES string of the molecule is COc1cc(C#N)ccc1Nc1cc(F)cc(F)c1N. The van der Waals surface area contributed by atoms with E-state index in [-0.39, 0.29) is 11.4 Å². The molecule has 0 saturated heterocycles. The molecule has 20 heavy (non-hydrogen) atoms. The van der Waals surface area contributed by atoms with Gasteiger partial charge in [0.2, 0.25) is 0 Å². The summed E-state index contributed by atoms with van der Waals surface area (Å²) in [6.07, 6.45) is 0. The van der Waals surface area contributed by atoms with E-state index in [0.29, 0.717) is 23.1 Å². The zero-order valence-corrected chi connectivity index (χ0v) is 10.6. The zero-order valence-electron chi connectivity index (χ0n) is 10.6. The van der Waals surface area contributed by atoms with Crippen LogP contribution < -0.4 is 15.8 Å². The van der Waals surface area contributed by atoms with Crippen molar-refractivity contribution in [2.24, 2.45) is 0 Å². The molecule has 0 saturated carbocycles. The predicted molar refractivity (Wildman–Crippen MR) is 71.8 cm³/mol. The molecule has 0 radical (unpaired) electrons. The first-order valence-corrected chi connectivity index (χ1v) is 5.65. The maximum Gasteiger partial charge on any atom is 0.151 e. The van der Waals surface area contributed by atoms with Crippen molar-refractivity contribution in [1.29, 1.82) is 5.26 Å². The lowest BCUT2D eigenvalue weighted by atomic mass is 10.2. The molecule has 2 aromatic rings. The van der Waals surface area contributed by atoms with Crippen LogP contribution in [0.4, 0.5) is 25.8 Å². The van der Waals surface area contributed by atoms with E-state index in [9.17, 15) is 8.78 Å². The van der Waals surface area contributed by atoms with Crippen molar-refractivity contribution < 1.29 is 13.5 Å². The summed E-state index contributed by atoms with van der Waals surface area (Å²) in [7, 11) is 1.43. The molecule has 4 nitrogen and oxygen atoms in total. The van der Waals surface area contributed by atoms with Gasteiger partial charge in [-0.2, -0.15) is 5.26 Å². The van der Waals surface area contributed by atoms with E-state index in [1.54, 1.807) is 12.1 Å². The van der Waals surface area contributed by atoms with E-state index in [0.717, 1.165) is 6.07 Å². The molecule has 0 fully saturated rings. The molecule has 0 unspecified atom stereocenters. The number of methoxy groups -OCH3 is 1.